The standard InChI is InChI=1S/C15H23N3O2/c1-12(2)5-7-17-15(19)13-4-3-6-16-14(13)18-8-10-20-11-9-18/h3-4,6,12H,5,7-11H2,1-2H3,(H,17,19). The van der Waals surface area contributed by atoms with Crippen molar-refractivity contribution in [2.75, 3.05) is 37.7 Å². The van der Waals surface area contributed by atoms with Gasteiger partial charge in [0.15, 0.2) is 0 Å². The van der Waals surface area contributed by atoms with Crippen LogP contribution in [0.4, 0.5) is 5.82 Å². The molecule has 1 aromatic rings. The van der Waals surface area contributed by atoms with E-state index in [4.69, 9.17) is 4.74 Å². The Morgan fingerprint density at radius 2 is 2.20 bits per heavy atom. The summed E-state index contributed by atoms with van der Waals surface area (Å²) in [5, 5.41) is 2.97. The Labute approximate surface area is 120 Å². The fourth-order valence-corrected chi connectivity index (χ4v) is 2.17. The van der Waals surface area contributed by atoms with Crippen LogP contribution >= 0.6 is 0 Å². The Morgan fingerprint density at radius 1 is 1.45 bits per heavy atom. The molecule has 2 rings (SSSR count). The molecule has 20 heavy (non-hydrogen) atoms. The van der Waals surface area contributed by atoms with Gasteiger partial charge in [0.05, 0.1) is 18.8 Å². The van der Waals surface area contributed by atoms with Crippen LogP contribution in [0.1, 0.15) is 30.6 Å². The molecule has 1 saturated heterocycles. The number of pyridine rings is 1. The van der Waals surface area contributed by atoms with Gasteiger partial charge in [-0.05, 0) is 24.5 Å². The van der Waals surface area contributed by atoms with Crippen molar-refractivity contribution in [3.63, 3.8) is 0 Å². The third-order valence-electron chi connectivity index (χ3n) is 3.35. The van der Waals surface area contributed by atoms with Crippen LogP contribution in [0.5, 0.6) is 0 Å². The molecule has 1 aliphatic rings. The van der Waals surface area contributed by atoms with Crippen molar-refractivity contribution >= 4 is 11.7 Å². The lowest BCUT2D eigenvalue weighted by Crippen LogP contribution is -2.38. The molecule has 0 saturated carbocycles. The highest BCUT2D eigenvalue weighted by Gasteiger charge is 2.19. The summed E-state index contributed by atoms with van der Waals surface area (Å²) in [6.45, 7) is 7.93. The minimum atomic E-state index is -0.0414. The Morgan fingerprint density at radius 3 is 2.90 bits per heavy atom. The Hall–Kier alpha value is -1.62. The quantitative estimate of drug-likeness (QED) is 0.890. The molecule has 1 fully saturated rings. The molecular formula is C15H23N3O2. The lowest BCUT2D eigenvalue weighted by Gasteiger charge is -2.29. The summed E-state index contributed by atoms with van der Waals surface area (Å²) in [4.78, 5) is 18.8. The fraction of sp³-hybridized carbons (Fsp3) is 0.600. The van der Waals surface area contributed by atoms with Gasteiger partial charge in [0.1, 0.15) is 5.82 Å². The number of amides is 1. The molecule has 5 nitrogen and oxygen atoms in total. The second-order valence-electron chi connectivity index (χ2n) is 5.41. The summed E-state index contributed by atoms with van der Waals surface area (Å²) in [5.74, 6) is 1.31. The number of nitrogens with zero attached hydrogens (tertiary/aromatic N) is 2. The number of nitrogens with one attached hydrogen (secondary N) is 1. The molecule has 0 aromatic carbocycles. The average Bonchev–Trinajstić information content (AvgIpc) is 2.47. The number of ether oxygens (including phenoxy) is 1. The molecule has 0 atom stereocenters. The smallest absolute Gasteiger partial charge is 0.255 e. The van der Waals surface area contributed by atoms with Crippen molar-refractivity contribution < 1.29 is 9.53 Å². The zero-order chi connectivity index (χ0) is 14.4. The van der Waals surface area contributed by atoms with Crippen LogP contribution in [0.25, 0.3) is 0 Å². The van der Waals surface area contributed by atoms with Crippen LogP contribution in [-0.2, 0) is 4.74 Å². The maximum atomic E-state index is 12.3. The second kappa shape index (κ2) is 7.24. The number of morpholine rings is 1. The zero-order valence-electron chi connectivity index (χ0n) is 12.3. The summed E-state index contributed by atoms with van der Waals surface area (Å²) in [7, 11) is 0. The van der Waals surface area contributed by atoms with Gasteiger partial charge in [-0.3, -0.25) is 4.79 Å². The van der Waals surface area contributed by atoms with Gasteiger partial charge in [-0.2, -0.15) is 0 Å². The van der Waals surface area contributed by atoms with E-state index >= 15 is 0 Å². The average molecular weight is 277 g/mol. The van der Waals surface area contributed by atoms with E-state index in [-0.39, 0.29) is 5.91 Å². The summed E-state index contributed by atoms with van der Waals surface area (Å²) in [5.41, 5.74) is 0.651. The summed E-state index contributed by atoms with van der Waals surface area (Å²) in [6.07, 6.45) is 2.72. The van der Waals surface area contributed by atoms with E-state index in [1.165, 1.54) is 0 Å². The molecule has 0 aliphatic carbocycles. The van der Waals surface area contributed by atoms with E-state index in [9.17, 15) is 4.79 Å². The molecule has 1 amide bonds. The highest BCUT2D eigenvalue weighted by molar-refractivity contribution is 5.98. The molecule has 5 heteroatoms. The number of hydrogen-bond donors (Lipinski definition) is 1. The first-order valence-electron chi connectivity index (χ1n) is 7.24. The van der Waals surface area contributed by atoms with Crippen LogP contribution in [0.3, 0.4) is 0 Å². The molecule has 1 N–H and O–H groups in total. The van der Waals surface area contributed by atoms with Gasteiger partial charge in [-0.25, -0.2) is 4.98 Å². The number of hydrogen-bond acceptors (Lipinski definition) is 4. The fourth-order valence-electron chi connectivity index (χ4n) is 2.17. The van der Waals surface area contributed by atoms with Gasteiger partial charge >= 0.3 is 0 Å². The Kier molecular flexibility index (Phi) is 5.35. The van der Waals surface area contributed by atoms with Crippen LogP contribution < -0.4 is 10.2 Å². The van der Waals surface area contributed by atoms with E-state index < -0.39 is 0 Å². The first-order chi connectivity index (χ1) is 9.68. The number of carbonyl (C=O) groups is 1. The minimum Gasteiger partial charge on any atom is -0.378 e. The predicted octanol–water partition coefficient (Wildman–Crippen LogP) is 1.69. The largest absolute Gasteiger partial charge is 0.378 e. The Bertz CT molecular complexity index is 442. The van der Waals surface area contributed by atoms with Crippen molar-refractivity contribution in [3.8, 4) is 0 Å². The van der Waals surface area contributed by atoms with Gasteiger partial charge in [0.25, 0.3) is 5.91 Å². The lowest BCUT2D eigenvalue weighted by molar-refractivity contribution is 0.0950. The molecule has 1 aromatic heterocycles. The van der Waals surface area contributed by atoms with Crippen LogP contribution in [-0.4, -0.2) is 43.7 Å². The normalized spacial score (nSPS) is 15.4. The van der Waals surface area contributed by atoms with Crippen LogP contribution in [0.15, 0.2) is 18.3 Å². The van der Waals surface area contributed by atoms with Gasteiger partial charge in [0, 0.05) is 25.8 Å². The maximum absolute atomic E-state index is 12.3. The highest BCUT2D eigenvalue weighted by atomic mass is 16.5. The first-order valence-corrected chi connectivity index (χ1v) is 7.24. The monoisotopic (exact) mass is 277 g/mol. The number of aromatic nitrogens is 1. The van der Waals surface area contributed by atoms with Gasteiger partial charge < -0.3 is 15.0 Å². The van der Waals surface area contributed by atoms with Gasteiger partial charge in [-0.1, -0.05) is 13.8 Å². The molecule has 0 radical (unpaired) electrons. The van der Waals surface area contributed by atoms with Crippen molar-refractivity contribution in [2.45, 2.75) is 20.3 Å². The summed E-state index contributed by atoms with van der Waals surface area (Å²) < 4.78 is 5.34. The number of anilines is 1. The number of carbonyl (C=O) groups excluding carboxylic acids is 1. The first kappa shape index (κ1) is 14.8. The second-order valence-corrected chi connectivity index (χ2v) is 5.41. The van der Waals surface area contributed by atoms with E-state index in [1.54, 1.807) is 12.3 Å². The van der Waals surface area contributed by atoms with E-state index in [0.29, 0.717) is 31.2 Å². The molecule has 0 bridgehead atoms. The lowest BCUT2D eigenvalue weighted by atomic mass is 10.1. The van der Waals surface area contributed by atoms with Crippen LogP contribution in [0.2, 0.25) is 0 Å². The molecular weight excluding hydrogens is 254 g/mol. The van der Waals surface area contributed by atoms with Gasteiger partial charge in [0.2, 0.25) is 0 Å². The molecule has 2 heterocycles. The predicted molar refractivity (Wildman–Crippen MR) is 79.1 cm³/mol. The SMILES string of the molecule is CC(C)CCNC(=O)c1cccnc1N1CCOCC1. The maximum Gasteiger partial charge on any atom is 0.255 e. The summed E-state index contributed by atoms with van der Waals surface area (Å²) >= 11 is 0. The van der Waals surface area contributed by atoms with E-state index in [2.05, 4.69) is 29.0 Å². The highest BCUT2D eigenvalue weighted by Crippen LogP contribution is 2.18. The third-order valence-corrected chi connectivity index (χ3v) is 3.35. The Balaban J connectivity index is 2.04. The van der Waals surface area contributed by atoms with Gasteiger partial charge in [-0.15, -0.1) is 0 Å². The topological polar surface area (TPSA) is 54.5 Å². The zero-order valence-corrected chi connectivity index (χ0v) is 12.3. The van der Waals surface area contributed by atoms with E-state index in [1.807, 2.05) is 6.07 Å². The molecule has 0 spiro atoms. The number of rotatable bonds is 5. The molecule has 110 valence electrons. The summed E-state index contributed by atoms with van der Waals surface area (Å²) in [6, 6.07) is 3.64. The van der Waals surface area contributed by atoms with Crippen molar-refractivity contribution in [2.24, 2.45) is 5.92 Å². The molecule has 1 aliphatic heterocycles. The van der Waals surface area contributed by atoms with Crippen molar-refractivity contribution in [3.05, 3.63) is 23.9 Å². The van der Waals surface area contributed by atoms with E-state index in [0.717, 1.165) is 25.3 Å². The third kappa shape index (κ3) is 3.93. The van der Waals surface area contributed by atoms with Crippen molar-refractivity contribution in [1.82, 2.24) is 10.3 Å². The van der Waals surface area contributed by atoms with Crippen molar-refractivity contribution in [1.29, 1.82) is 0 Å². The molecule has 0 unspecified atom stereocenters. The minimum absolute atomic E-state index is 0.0414. The van der Waals surface area contributed by atoms with Crippen LogP contribution in [0, 0.1) is 5.92 Å².